The average Bonchev–Trinajstić information content (AvgIpc) is 2.54. The Balaban J connectivity index is 2.13. The summed E-state index contributed by atoms with van der Waals surface area (Å²) in [6, 6.07) is 11.1. The van der Waals surface area contributed by atoms with Gasteiger partial charge >= 0.3 is 5.97 Å². The predicted molar refractivity (Wildman–Crippen MR) is 89.0 cm³/mol. The van der Waals surface area contributed by atoms with Gasteiger partial charge in [0, 0.05) is 5.56 Å². The van der Waals surface area contributed by atoms with Crippen molar-refractivity contribution in [3.63, 3.8) is 0 Å². The smallest absolute Gasteiger partial charge is 0.337 e. The van der Waals surface area contributed by atoms with E-state index in [0.717, 1.165) is 5.56 Å². The van der Waals surface area contributed by atoms with E-state index in [9.17, 15) is 9.18 Å². The number of carbonyl (C=O) groups is 1. The average molecular weight is 408 g/mol. The molecular formula is C16H10FIN2O2. The maximum atomic E-state index is 13.0. The van der Waals surface area contributed by atoms with Crippen molar-refractivity contribution < 1.29 is 13.9 Å². The van der Waals surface area contributed by atoms with Gasteiger partial charge in [-0.2, -0.15) is 0 Å². The standard InChI is InChI=1S/C16H10FIN2O2/c1-22-16(21)10-4-7-12-13(8-10)20-15(18)14(19-12)9-2-5-11(17)6-3-9/h2-8H,1H3. The summed E-state index contributed by atoms with van der Waals surface area (Å²) in [5.41, 5.74) is 3.16. The van der Waals surface area contributed by atoms with Crippen LogP contribution in [-0.4, -0.2) is 23.0 Å². The summed E-state index contributed by atoms with van der Waals surface area (Å²) in [5.74, 6) is -0.712. The van der Waals surface area contributed by atoms with Crippen molar-refractivity contribution >= 4 is 39.6 Å². The van der Waals surface area contributed by atoms with Crippen LogP contribution in [0.1, 0.15) is 10.4 Å². The highest BCUT2D eigenvalue weighted by molar-refractivity contribution is 14.1. The van der Waals surface area contributed by atoms with Crippen LogP contribution in [0.4, 0.5) is 4.39 Å². The van der Waals surface area contributed by atoms with Crippen LogP contribution in [0.25, 0.3) is 22.3 Å². The van der Waals surface area contributed by atoms with Gasteiger partial charge in [-0.1, -0.05) is 0 Å². The number of carbonyl (C=O) groups excluding carboxylic acids is 1. The lowest BCUT2D eigenvalue weighted by Crippen LogP contribution is -2.02. The molecule has 4 nitrogen and oxygen atoms in total. The second-order valence-electron chi connectivity index (χ2n) is 4.56. The van der Waals surface area contributed by atoms with Crippen LogP contribution in [0.5, 0.6) is 0 Å². The number of hydrogen-bond donors (Lipinski definition) is 0. The minimum Gasteiger partial charge on any atom is -0.465 e. The molecule has 0 N–H and O–H groups in total. The molecule has 3 aromatic rings. The molecule has 110 valence electrons. The van der Waals surface area contributed by atoms with Crippen LogP contribution in [0, 0.1) is 9.52 Å². The zero-order valence-electron chi connectivity index (χ0n) is 11.5. The number of benzene rings is 2. The van der Waals surface area contributed by atoms with Gasteiger partial charge in [-0.3, -0.25) is 0 Å². The van der Waals surface area contributed by atoms with E-state index in [1.54, 1.807) is 30.3 Å². The van der Waals surface area contributed by atoms with E-state index in [1.165, 1.54) is 19.2 Å². The Morgan fingerprint density at radius 1 is 1.09 bits per heavy atom. The summed E-state index contributed by atoms with van der Waals surface area (Å²) in [6.07, 6.45) is 0. The van der Waals surface area contributed by atoms with Gasteiger partial charge in [0.2, 0.25) is 0 Å². The lowest BCUT2D eigenvalue weighted by Gasteiger charge is -2.07. The van der Waals surface area contributed by atoms with Crippen LogP contribution in [0.2, 0.25) is 0 Å². The summed E-state index contributed by atoms with van der Waals surface area (Å²) in [6.45, 7) is 0. The van der Waals surface area contributed by atoms with Crippen LogP contribution in [0.3, 0.4) is 0 Å². The third kappa shape index (κ3) is 2.78. The molecule has 0 aliphatic heterocycles. The maximum Gasteiger partial charge on any atom is 0.337 e. The topological polar surface area (TPSA) is 52.1 Å². The molecule has 1 aromatic heterocycles. The first-order valence-corrected chi connectivity index (χ1v) is 7.48. The number of esters is 1. The maximum absolute atomic E-state index is 13.0. The highest BCUT2D eigenvalue weighted by atomic mass is 127. The van der Waals surface area contributed by atoms with Crippen LogP contribution in [0.15, 0.2) is 42.5 Å². The Morgan fingerprint density at radius 2 is 1.82 bits per heavy atom. The van der Waals surface area contributed by atoms with E-state index in [4.69, 9.17) is 4.74 Å². The number of methoxy groups -OCH3 is 1. The van der Waals surface area contributed by atoms with Gasteiger partial charge < -0.3 is 4.74 Å². The van der Waals surface area contributed by atoms with E-state index in [2.05, 4.69) is 32.6 Å². The number of halogens is 2. The molecule has 0 aliphatic rings. The van der Waals surface area contributed by atoms with Crippen LogP contribution < -0.4 is 0 Å². The number of rotatable bonds is 2. The molecule has 1 heterocycles. The Hall–Kier alpha value is -2.09. The molecule has 0 saturated heterocycles. The molecule has 22 heavy (non-hydrogen) atoms. The van der Waals surface area contributed by atoms with Crippen LogP contribution >= 0.6 is 22.6 Å². The molecule has 0 unspecified atom stereocenters. The highest BCUT2D eigenvalue weighted by Crippen LogP contribution is 2.25. The summed E-state index contributed by atoms with van der Waals surface area (Å²) in [7, 11) is 1.33. The third-order valence-corrected chi connectivity index (χ3v) is 3.91. The minimum absolute atomic E-state index is 0.296. The Bertz CT molecular complexity index is 866. The lowest BCUT2D eigenvalue weighted by atomic mass is 10.1. The van der Waals surface area contributed by atoms with Crippen molar-refractivity contribution in [2.45, 2.75) is 0 Å². The lowest BCUT2D eigenvalue weighted by molar-refractivity contribution is 0.0601. The molecule has 0 spiro atoms. The fourth-order valence-corrected chi connectivity index (χ4v) is 2.76. The van der Waals surface area contributed by atoms with Gasteiger partial charge in [-0.15, -0.1) is 0 Å². The highest BCUT2D eigenvalue weighted by Gasteiger charge is 2.12. The number of hydrogen-bond acceptors (Lipinski definition) is 4. The Labute approximate surface area is 139 Å². The van der Waals surface area contributed by atoms with Crippen LogP contribution in [-0.2, 0) is 4.74 Å². The fourth-order valence-electron chi connectivity index (χ4n) is 2.07. The first-order chi connectivity index (χ1) is 10.6. The van der Waals surface area contributed by atoms with Gasteiger partial charge in [-0.25, -0.2) is 19.2 Å². The Kier molecular flexibility index (Phi) is 4.02. The zero-order chi connectivity index (χ0) is 15.7. The number of nitrogens with zero attached hydrogens (tertiary/aromatic N) is 2. The second kappa shape index (κ2) is 5.96. The monoisotopic (exact) mass is 408 g/mol. The number of ether oxygens (including phenoxy) is 1. The second-order valence-corrected chi connectivity index (χ2v) is 5.59. The van der Waals surface area contributed by atoms with E-state index < -0.39 is 5.97 Å². The first-order valence-electron chi connectivity index (χ1n) is 6.40. The van der Waals surface area contributed by atoms with Gasteiger partial charge in [-0.05, 0) is 65.1 Å². The molecule has 0 saturated carbocycles. The number of aromatic nitrogens is 2. The summed E-state index contributed by atoms with van der Waals surface area (Å²) in [5, 5.41) is 0. The largest absolute Gasteiger partial charge is 0.465 e. The van der Waals surface area contributed by atoms with Crippen molar-refractivity contribution in [3.8, 4) is 11.3 Å². The molecular weight excluding hydrogens is 398 g/mol. The normalized spacial score (nSPS) is 10.7. The van der Waals surface area contributed by atoms with Gasteiger partial charge in [0.15, 0.2) is 0 Å². The predicted octanol–water partition coefficient (Wildman–Crippen LogP) is 3.83. The van der Waals surface area contributed by atoms with Gasteiger partial charge in [0.05, 0.1) is 23.7 Å². The molecule has 0 amide bonds. The molecule has 3 rings (SSSR count). The Morgan fingerprint density at radius 3 is 2.50 bits per heavy atom. The van der Waals surface area contributed by atoms with E-state index in [-0.39, 0.29) is 5.82 Å². The van der Waals surface area contributed by atoms with Gasteiger partial charge in [0.25, 0.3) is 0 Å². The van der Waals surface area contributed by atoms with E-state index in [1.807, 2.05) is 0 Å². The molecule has 0 bridgehead atoms. The molecule has 0 radical (unpaired) electrons. The quantitative estimate of drug-likeness (QED) is 0.478. The third-order valence-electron chi connectivity index (χ3n) is 3.16. The zero-order valence-corrected chi connectivity index (χ0v) is 13.7. The van der Waals surface area contributed by atoms with Gasteiger partial charge in [0.1, 0.15) is 15.2 Å². The molecule has 2 aromatic carbocycles. The first kappa shape index (κ1) is 14.8. The van der Waals surface area contributed by atoms with Crippen molar-refractivity contribution in [2.24, 2.45) is 0 Å². The molecule has 0 aliphatic carbocycles. The van der Waals surface area contributed by atoms with Crippen molar-refractivity contribution in [3.05, 3.63) is 57.5 Å². The van der Waals surface area contributed by atoms with E-state index in [0.29, 0.717) is 26.0 Å². The van der Waals surface area contributed by atoms with Crippen molar-refractivity contribution in [1.29, 1.82) is 0 Å². The SMILES string of the molecule is COC(=O)c1ccc2nc(-c3ccc(F)cc3)c(I)nc2c1. The number of fused-ring (bicyclic) bond motifs is 1. The summed E-state index contributed by atoms with van der Waals surface area (Å²) < 4.78 is 18.4. The fraction of sp³-hybridized carbons (Fsp3) is 0.0625. The minimum atomic E-state index is -0.415. The molecule has 0 atom stereocenters. The molecule has 0 fully saturated rings. The summed E-state index contributed by atoms with van der Waals surface area (Å²) >= 11 is 2.08. The van der Waals surface area contributed by atoms with E-state index >= 15 is 0 Å². The summed E-state index contributed by atoms with van der Waals surface area (Å²) in [4.78, 5) is 20.6. The van der Waals surface area contributed by atoms with Crippen molar-refractivity contribution in [1.82, 2.24) is 9.97 Å². The van der Waals surface area contributed by atoms with Crippen molar-refractivity contribution in [2.75, 3.05) is 7.11 Å². The molecule has 6 heteroatoms.